The Labute approximate surface area is 210 Å². The summed E-state index contributed by atoms with van der Waals surface area (Å²) in [5.41, 5.74) is 4.93. The van der Waals surface area contributed by atoms with Crippen molar-refractivity contribution in [3.05, 3.63) is 112 Å². The van der Waals surface area contributed by atoms with Crippen molar-refractivity contribution in [3.63, 3.8) is 0 Å². The number of non-ortho nitro benzene ring substituents is 1. The summed E-state index contributed by atoms with van der Waals surface area (Å²) in [5.74, 6) is 0. The number of hydrogen-bond acceptors (Lipinski definition) is 6. The van der Waals surface area contributed by atoms with Gasteiger partial charge in [-0.3, -0.25) is 15.0 Å². The van der Waals surface area contributed by atoms with Crippen molar-refractivity contribution in [1.29, 1.82) is 0 Å². The zero-order valence-corrected chi connectivity index (χ0v) is 20.0. The van der Waals surface area contributed by atoms with Crippen LogP contribution in [0.4, 0.5) is 5.69 Å². The number of rotatable bonds is 9. The summed E-state index contributed by atoms with van der Waals surface area (Å²) in [5, 5.41) is 19.8. The van der Waals surface area contributed by atoms with Crippen molar-refractivity contribution in [2.24, 2.45) is 0 Å². The first kappa shape index (κ1) is 23.9. The maximum atomic E-state index is 11.1. The van der Waals surface area contributed by atoms with E-state index in [9.17, 15) is 10.1 Å². The predicted octanol–water partition coefficient (Wildman–Crippen LogP) is 4.61. The molecule has 0 amide bonds. The molecule has 1 saturated heterocycles. The van der Waals surface area contributed by atoms with E-state index in [-0.39, 0.29) is 16.7 Å². The summed E-state index contributed by atoms with van der Waals surface area (Å²) in [4.78, 5) is 13.2. The third-order valence-corrected chi connectivity index (χ3v) is 6.45. The molecule has 5 rings (SSSR count). The molecule has 1 N–H and O–H groups in total. The number of nitro benzene ring substituents is 1. The quantitative estimate of drug-likeness (QED) is 0.276. The van der Waals surface area contributed by atoms with Crippen LogP contribution in [0.3, 0.4) is 0 Å². The van der Waals surface area contributed by atoms with Gasteiger partial charge in [0.2, 0.25) is 0 Å². The largest absolute Gasteiger partial charge is 0.379 e. The van der Waals surface area contributed by atoms with Crippen molar-refractivity contribution < 1.29 is 9.66 Å². The fraction of sp³-hybridized carbons (Fsp3) is 0.250. The topological polar surface area (TPSA) is 85.5 Å². The molecule has 0 spiro atoms. The van der Waals surface area contributed by atoms with E-state index in [1.807, 2.05) is 47.3 Å². The lowest BCUT2D eigenvalue weighted by atomic mass is 10.0. The molecule has 1 atom stereocenters. The zero-order valence-electron chi connectivity index (χ0n) is 20.0. The molecule has 0 saturated carbocycles. The molecule has 1 aromatic heterocycles. The van der Waals surface area contributed by atoms with Gasteiger partial charge >= 0.3 is 0 Å². The maximum Gasteiger partial charge on any atom is 0.269 e. The van der Waals surface area contributed by atoms with Crippen LogP contribution in [-0.4, -0.2) is 52.5 Å². The number of hydrogen-bond donors (Lipinski definition) is 1. The predicted molar refractivity (Wildman–Crippen MR) is 139 cm³/mol. The number of nitrogens with zero attached hydrogens (tertiary/aromatic N) is 4. The second-order valence-electron chi connectivity index (χ2n) is 8.84. The van der Waals surface area contributed by atoms with Gasteiger partial charge in [-0.05, 0) is 29.8 Å². The number of ether oxygens (including phenoxy) is 1. The lowest BCUT2D eigenvalue weighted by molar-refractivity contribution is -0.384. The smallest absolute Gasteiger partial charge is 0.269 e. The highest BCUT2D eigenvalue weighted by atomic mass is 16.6. The van der Waals surface area contributed by atoms with Crippen molar-refractivity contribution in [2.45, 2.75) is 12.6 Å². The molecule has 0 radical (unpaired) electrons. The van der Waals surface area contributed by atoms with Gasteiger partial charge < -0.3 is 10.1 Å². The number of para-hydroxylation sites is 1. The Bertz CT molecular complexity index is 1270. The molecule has 8 nitrogen and oxygen atoms in total. The lowest BCUT2D eigenvalue weighted by Crippen LogP contribution is -2.41. The maximum absolute atomic E-state index is 11.1. The molecule has 184 valence electrons. The highest BCUT2D eigenvalue weighted by Gasteiger charge is 2.20. The molecule has 36 heavy (non-hydrogen) atoms. The van der Waals surface area contributed by atoms with Crippen LogP contribution in [0.25, 0.3) is 16.9 Å². The minimum atomic E-state index is -0.384. The minimum absolute atomic E-state index is 0.0653. The van der Waals surface area contributed by atoms with Crippen LogP contribution in [0, 0.1) is 10.1 Å². The second-order valence-corrected chi connectivity index (χ2v) is 8.84. The van der Waals surface area contributed by atoms with Crippen LogP contribution < -0.4 is 5.32 Å². The molecule has 4 aromatic rings. The number of nitro groups is 1. The van der Waals surface area contributed by atoms with Crippen molar-refractivity contribution in [3.8, 4) is 16.9 Å². The van der Waals surface area contributed by atoms with Gasteiger partial charge in [0, 0.05) is 61.7 Å². The Morgan fingerprint density at radius 3 is 2.28 bits per heavy atom. The van der Waals surface area contributed by atoms with Gasteiger partial charge in [-0.1, -0.05) is 48.5 Å². The van der Waals surface area contributed by atoms with Gasteiger partial charge in [0.05, 0.1) is 29.5 Å². The number of morpholine rings is 1. The molecular formula is C28H29N5O3. The van der Waals surface area contributed by atoms with E-state index < -0.39 is 0 Å². The van der Waals surface area contributed by atoms with Crippen LogP contribution in [0.2, 0.25) is 0 Å². The summed E-state index contributed by atoms with van der Waals surface area (Å²) >= 11 is 0. The van der Waals surface area contributed by atoms with Crippen LogP contribution in [0.1, 0.15) is 17.2 Å². The second kappa shape index (κ2) is 11.3. The first-order chi connectivity index (χ1) is 17.7. The standard InChI is InChI=1S/C28H29N5O3/c34-33(35)26-13-11-23(12-14-26)28-24(20-32(30-28)25-9-5-2-6-10-25)19-29-27(22-7-3-1-4-8-22)21-31-15-17-36-18-16-31/h1-14,20,27,29H,15-19,21H2. The van der Waals surface area contributed by atoms with Crippen LogP contribution in [0.15, 0.2) is 91.1 Å². The molecular weight excluding hydrogens is 454 g/mol. The van der Waals surface area contributed by atoms with E-state index in [0.29, 0.717) is 6.54 Å². The van der Waals surface area contributed by atoms with E-state index in [2.05, 4.69) is 34.5 Å². The average Bonchev–Trinajstić information content (AvgIpc) is 3.37. The first-order valence-corrected chi connectivity index (χ1v) is 12.1. The number of nitrogens with one attached hydrogen (secondary N) is 1. The SMILES string of the molecule is O=[N+]([O-])c1ccc(-c2nn(-c3ccccc3)cc2CNC(CN2CCOCC2)c2ccccc2)cc1. The van der Waals surface area contributed by atoms with Gasteiger partial charge in [-0.2, -0.15) is 5.10 Å². The van der Waals surface area contributed by atoms with Crippen molar-refractivity contribution in [1.82, 2.24) is 20.0 Å². The fourth-order valence-electron chi connectivity index (χ4n) is 4.48. The normalized spacial score (nSPS) is 15.0. The summed E-state index contributed by atoms with van der Waals surface area (Å²) in [7, 11) is 0. The van der Waals surface area contributed by atoms with Crippen molar-refractivity contribution >= 4 is 5.69 Å². The molecule has 1 fully saturated rings. The average molecular weight is 484 g/mol. The Balaban J connectivity index is 1.44. The van der Waals surface area contributed by atoms with Crippen LogP contribution in [-0.2, 0) is 11.3 Å². The molecule has 1 aliphatic heterocycles. The molecule has 0 aliphatic carbocycles. The Morgan fingerprint density at radius 1 is 0.944 bits per heavy atom. The highest BCUT2D eigenvalue weighted by Crippen LogP contribution is 2.27. The zero-order chi connectivity index (χ0) is 24.7. The van der Waals surface area contributed by atoms with E-state index in [1.165, 1.54) is 17.7 Å². The van der Waals surface area contributed by atoms with Gasteiger partial charge in [-0.25, -0.2) is 4.68 Å². The molecule has 0 bridgehead atoms. The summed E-state index contributed by atoms with van der Waals surface area (Å²) < 4.78 is 7.40. The summed E-state index contributed by atoms with van der Waals surface area (Å²) in [6.45, 7) is 4.84. The van der Waals surface area contributed by atoms with E-state index in [0.717, 1.165) is 55.4 Å². The van der Waals surface area contributed by atoms with E-state index in [1.54, 1.807) is 12.1 Å². The molecule has 1 aliphatic rings. The Morgan fingerprint density at radius 2 is 1.61 bits per heavy atom. The molecule has 1 unspecified atom stereocenters. The van der Waals surface area contributed by atoms with Gasteiger partial charge in [-0.15, -0.1) is 0 Å². The summed E-state index contributed by atoms with van der Waals surface area (Å²) in [6, 6.07) is 27.2. The van der Waals surface area contributed by atoms with Crippen molar-refractivity contribution in [2.75, 3.05) is 32.8 Å². The van der Waals surface area contributed by atoms with E-state index in [4.69, 9.17) is 9.84 Å². The summed E-state index contributed by atoms with van der Waals surface area (Å²) in [6.07, 6.45) is 2.04. The fourth-order valence-corrected chi connectivity index (χ4v) is 4.48. The third kappa shape index (κ3) is 5.68. The third-order valence-electron chi connectivity index (χ3n) is 6.45. The van der Waals surface area contributed by atoms with Gasteiger partial charge in [0.15, 0.2) is 0 Å². The Kier molecular flexibility index (Phi) is 7.47. The highest BCUT2D eigenvalue weighted by molar-refractivity contribution is 5.64. The van der Waals surface area contributed by atoms with E-state index >= 15 is 0 Å². The van der Waals surface area contributed by atoms with Crippen LogP contribution in [0.5, 0.6) is 0 Å². The Hall–Kier alpha value is -3.85. The monoisotopic (exact) mass is 483 g/mol. The molecule has 2 heterocycles. The minimum Gasteiger partial charge on any atom is -0.379 e. The van der Waals surface area contributed by atoms with Gasteiger partial charge in [0.1, 0.15) is 0 Å². The molecule has 3 aromatic carbocycles. The van der Waals surface area contributed by atoms with Gasteiger partial charge in [0.25, 0.3) is 5.69 Å². The number of aromatic nitrogens is 2. The number of benzene rings is 3. The lowest BCUT2D eigenvalue weighted by Gasteiger charge is -2.31. The van der Waals surface area contributed by atoms with Crippen LogP contribution >= 0.6 is 0 Å². The molecule has 8 heteroatoms. The first-order valence-electron chi connectivity index (χ1n) is 12.1.